The average Bonchev–Trinajstić information content (AvgIpc) is 3.14. The van der Waals surface area contributed by atoms with Crippen LogP contribution in [-0.4, -0.2) is 91.9 Å². The second kappa shape index (κ2) is 8.93. The van der Waals surface area contributed by atoms with Gasteiger partial charge in [0.1, 0.15) is 5.75 Å². The topological polar surface area (TPSA) is 53.1 Å². The molecule has 0 aliphatic carbocycles. The molecule has 1 aromatic rings. The number of thioether (sulfide) groups is 1. The summed E-state index contributed by atoms with van der Waals surface area (Å²) in [5.74, 6) is 1.64. The molecule has 2 heterocycles. The molecule has 0 bridgehead atoms. The zero-order chi connectivity index (χ0) is 20.3. The summed E-state index contributed by atoms with van der Waals surface area (Å²) in [4.78, 5) is 31.2. The van der Waals surface area contributed by atoms with Crippen molar-refractivity contribution in [3.8, 4) is 5.75 Å². The number of ether oxygens (including phenoxy) is 1. The van der Waals surface area contributed by atoms with Gasteiger partial charge in [-0.05, 0) is 44.6 Å². The minimum atomic E-state index is -0.0620. The predicted octanol–water partition coefficient (Wildman–Crippen LogP) is 1.93. The molecular weight excluding hydrogens is 398 g/mol. The van der Waals surface area contributed by atoms with Gasteiger partial charge in [-0.15, -0.1) is 0 Å². The van der Waals surface area contributed by atoms with Gasteiger partial charge < -0.3 is 19.4 Å². The number of amides is 2. The van der Waals surface area contributed by atoms with Crippen LogP contribution in [0.4, 0.5) is 0 Å². The van der Waals surface area contributed by atoms with E-state index in [1.165, 1.54) is 0 Å². The number of fused-ring (bicyclic) bond motifs is 1. The Morgan fingerprint density at radius 3 is 2.36 bits per heavy atom. The standard InChI is InChI=1S/C20H28ClN3O3S/c1-22(2)12-20-13-23(8-15(20)9-24(14-20)19(26)11-28-3)18(25)10-27-17-6-4-16(21)5-7-17/h4-7,15H,8-14H2,1-3H3. The van der Waals surface area contributed by atoms with E-state index in [1.54, 1.807) is 36.0 Å². The van der Waals surface area contributed by atoms with Crippen LogP contribution >= 0.6 is 23.4 Å². The molecule has 0 saturated carbocycles. The van der Waals surface area contributed by atoms with Crippen LogP contribution in [0, 0.1) is 11.3 Å². The number of benzene rings is 1. The number of rotatable bonds is 7. The molecule has 6 nitrogen and oxygen atoms in total. The first kappa shape index (κ1) is 21.3. The van der Waals surface area contributed by atoms with E-state index < -0.39 is 0 Å². The van der Waals surface area contributed by atoms with Gasteiger partial charge in [-0.3, -0.25) is 9.59 Å². The van der Waals surface area contributed by atoms with Gasteiger partial charge in [0.2, 0.25) is 5.91 Å². The number of likely N-dealkylation sites (tertiary alicyclic amines) is 2. The van der Waals surface area contributed by atoms with E-state index in [4.69, 9.17) is 16.3 Å². The molecule has 2 amide bonds. The average molecular weight is 426 g/mol. The summed E-state index contributed by atoms with van der Waals surface area (Å²) in [5, 5.41) is 0.636. The van der Waals surface area contributed by atoms with Crippen molar-refractivity contribution in [1.82, 2.24) is 14.7 Å². The van der Waals surface area contributed by atoms with Crippen LogP contribution in [-0.2, 0) is 9.59 Å². The molecule has 0 N–H and O–H groups in total. The smallest absolute Gasteiger partial charge is 0.260 e. The van der Waals surface area contributed by atoms with Gasteiger partial charge in [0.25, 0.3) is 5.91 Å². The summed E-state index contributed by atoms with van der Waals surface area (Å²) in [6, 6.07) is 7.01. The Kier molecular flexibility index (Phi) is 6.78. The number of halogens is 1. The number of nitrogens with zero attached hydrogens (tertiary/aromatic N) is 3. The van der Waals surface area contributed by atoms with Crippen LogP contribution in [0.25, 0.3) is 0 Å². The summed E-state index contributed by atoms with van der Waals surface area (Å²) in [7, 11) is 4.10. The van der Waals surface area contributed by atoms with E-state index in [2.05, 4.69) is 4.90 Å². The van der Waals surface area contributed by atoms with E-state index in [9.17, 15) is 9.59 Å². The van der Waals surface area contributed by atoms with Crippen LogP contribution in [0.15, 0.2) is 24.3 Å². The molecule has 1 aromatic carbocycles. The minimum absolute atomic E-state index is 0.00975. The van der Waals surface area contributed by atoms with Crippen molar-refractivity contribution < 1.29 is 14.3 Å². The fourth-order valence-corrected chi connectivity index (χ4v) is 4.95. The highest BCUT2D eigenvalue weighted by molar-refractivity contribution is 7.99. The Bertz CT molecular complexity index is 715. The van der Waals surface area contributed by atoms with E-state index in [0.717, 1.165) is 19.6 Å². The zero-order valence-electron chi connectivity index (χ0n) is 16.7. The summed E-state index contributed by atoms with van der Waals surface area (Å²) in [6.45, 7) is 3.68. The van der Waals surface area contributed by atoms with Crippen molar-refractivity contribution in [1.29, 1.82) is 0 Å². The first-order valence-corrected chi connectivity index (χ1v) is 11.2. The zero-order valence-corrected chi connectivity index (χ0v) is 18.3. The molecule has 2 fully saturated rings. The molecule has 0 aromatic heterocycles. The largest absolute Gasteiger partial charge is 0.484 e. The van der Waals surface area contributed by atoms with Gasteiger partial charge in [0, 0.05) is 49.1 Å². The lowest BCUT2D eigenvalue weighted by atomic mass is 9.80. The molecule has 0 spiro atoms. The number of carbonyl (C=O) groups excluding carboxylic acids is 2. The van der Waals surface area contributed by atoms with Crippen molar-refractivity contribution in [2.75, 3.05) is 65.4 Å². The summed E-state index contributed by atoms with van der Waals surface area (Å²) in [6.07, 6.45) is 1.95. The van der Waals surface area contributed by atoms with E-state index >= 15 is 0 Å². The van der Waals surface area contributed by atoms with Crippen LogP contribution in [0.3, 0.4) is 0 Å². The lowest BCUT2D eigenvalue weighted by molar-refractivity contribution is -0.133. The second-order valence-corrected chi connectivity index (χ2v) is 9.32. The van der Waals surface area contributed by atoms with Crippen LogP contribution in [0.2, 0.25) is 5.02 Å². The molecule has 0 radical (unpaired) electrons. The second-order valence-electron chi connectivity index (χ2n) is 8.02. The van der Waals surface area contributed by atoms with Crippen LogP contribution in [0.5, 0.6) is 5.75 Å². The van der Waals surface area contributed by atoms with Crippen molar-refractivity contribution in [2.24, 2.45) is 11.3 Å². The van der Waals surface area contributed by atoms with E-state index in [-0.39, 0.29) is 23.8 Å². The first-order valence-electron chi connectivity index (χ1n) is 9.40. The number of hydrogen-bond acceptors (Lipinski definition) is 5. The Morgan fingerprint density at radius 2 is 1.79 bits per heavy atom. The maximum absolute atomic E-state index is 12.7. The summed E-state index contributed by atoms with van der Waals surface area (Å²) < 4.78 is 5.64. The summed E-state index contributed by atoms with van der Waals surface area (Å²) >= 11 is 7.44. The van der Waals surface area contributed by atoms with Crippen molar-refractivity contribution in [2.45, 2.75) is 0 Å². The minimum Gasteiger partial charge on any atom is -0.484 e. The number of hydrogen-bond donors (Lipinski definition) is 0. The highest BCUT2D eigenvalue weighted by Gasteiger charge is 2.54. The van der Waals surface area contributed by atoms with Gasteiger partial charge in [0.15, 0.2) is 6.61 Å². The van der Waals surface area contributed by atoms with Crippen LogP contribution in [0.1, 0.15) is 0 Å². The quantitative estimate of drug-likeness (QED) is 0.668. The maximum Gasteiger partial charge on any atom is 0.260 e. The normalized spacial score (nSPS) is 24.0. The van der Waals surface area contributed by atoms with Gasteiger partial charge in [-0.2, -0.15) is 11.8 Å². The summed E-state index contributed by atoms with van der Waals surface area (Å²) in [5.41, 5.74) is -0.0620. The van der Waals surface area contributed by atoms with Gasteiger partial charge >= 0.3 is 0 Å². The fraction of sp³-hybridized carbons (Fsp3) is 0.600. The lowest BCUT2D eigenvalue weighted by Gasteiger charge is -2.32. The van der Waals surface area contributed by atoms with Crippen LogP contribution < -0.4 is 4.74 Å². The first-order chi connectivity index (χ1) is 13.3. The van der Waals surface area contributed by atoms with Crippen molar-refractivity contribution in [3.05, 3.63) is 29.3 Å². The van der Waals surface area contributed by atoms with Gasteiger partial charge in [0.05, 0.1) is 5.75 Å². The molecule has 28 heavy (non-hydrogen) atoms. The molecule has 2 saturated heterocycles. The molecule has 2 aliphatic rings. The Morgan fingerprint density at radius 1 is 1.18 bits per heavy atom. The maximum atomic E-state index is 12.7. The van der Waals surface area contributed by atoms with E-state index in [1.807, 2.05) is 30.2 Å². The monoisotopic (exact) mass is 425 g/mol. The Labute approximate surface area is 176 Å². The Balaban J connectivity index is 1.62. The predicted molar refractivity (Wildman–Crippen MR) is 113 cm³/mol. The molecule has 3 rings (SSSR count). The highest BCUT2D eigenvalue weighted by Crippen LogP contribution is 2.43. The lowest BCUT2D eigenvalue weighted by Crippen LogP contribution is -2.44. The molecule has 2 atom stereocenters. The van der Waals surface area contributed by atoms with Crippen molar-refractivity contribution >= 4 is 35.2 Å². The molecule has 2 aliphatic heterocycles. The molecule has 8 heteroatoms. The fourth-order valence-electron chi connectivity index (χ4n) is 4.40. The van der Waals surface area contributed by atoms with Crippen molar-refractivity contribution in [3.63, 3.8) is 0 Å². The third-order valence-corrected chi connectivity index (χ3v) is 6.33. The third kappa shape index (κ3) is 4.75. The van der Waals surface area contributed by atoms with Gasteiger partial charge in [-0.1, -0.05) is 11.6 Å². The third-order valence-electron chi connectivity index (χ3n) is 5.54. The van der Waals surface area contributed by atoms with Gasteiger partial charge in [-0.25, -0.2) is 0 Å². The molecular formula is C20H28ClN3O3S. The SMILES string of the molecule is CSCC(=O)N1CC2CN(C(=O)COc3ccc(Cl)cc3)CC2(CN(C)C)C1. The molecule has 154 valence electrons. The number of carbonyl (C=O) groups is 2. The molecule has 2 unspecified atom stereocenters. The Hall–Kier alpha value is -1.44. The highest BCUT2D eigenvalue weighted by atomic mass is 35.5. The van der Waals surface area contributed by atoms with E-state index in [0.29, 0.717) is 35.5 Å².